The fourth-order valence-electron chi connectivity index (χ4n) is 3.22. The Labute approximate surface area is 158 Å². The van der Waals surface area contributed by atoms with Crippen molar-refractivity contribution in [2.45, 2.75) is 27.7 Å². The largest absolute Gasteiger partial charge is 0.254 e. The van der Waals surface area contributed by atoms with Crippen molar-refractivity contribution in [3.63, 3.8) is 0 Å². The first-order valence-electron chi connectivity index (χ1n) is 8.92. The molecule has 0 aliphatic carbocycles. The third kappa shape index (κ3) is 3.36. The molecule has 0 radical (unpaired) electrons. The van der Waals surface area contributed by atoms with E-state index in [9.17, 15) is 0 Å². The Kier molecular flexibility index (Phi) is 4.28. The van der Waals surface area contributed by atoms with Crippen LogP contribution < -0.4 is 0 Å². The highest BCUT2D eigenvalue weighted by atomic mass is 15.3. The third-order valence-corrected chi connectivity index (χ3v) is 4.58. The summed E-state index contributed by atoms with van der Waals surface area (Å²) >= 11 is 0. The van der Waals surface area contributed by atoms with Crippen LogP contribution in [0.4, 0.5) is 0 Å². The molecule has 5 heteroatoms. The van der Waals surface area contributed by atoms with E-state index in [0.29, 0.717) is 17.6 Å². The van der Waals surface area contributed by atoms with Gasteiger partial charge < -0.3 is 0 Å². The summed E-state index contributed by atoms with van der Waals surface area (Å²) in [5.74, 6) is 1.82. The van der Waals surface area contributed by atoms with Gasteiger partial charge in [-0.05, 0) is 44.9 Å². The monoisotopic (exact) mass is 355 g/mol. The normalized spacial score (nSPS) is 11.0. The lowest BCUT2D eigenvalue weighted by Crippen LogP contribution is -2.07. The lowest BCUT2D eigenvalue weighted by Gasteiger charge is -2.11. The molecule has 5 nitrogen and oxygen atoms in total. The zero-order valence-corrected chi connectivity index (χ0v) is 15.9. The predicted molar refractivity (Wildman–Crippen MR) is 107 cm³/mol. The number of nitrogens with zero attached hydrogens (tertiary/aromatic N) is 5. The van der Waals surface area contributed by atoms with Crippen molar-refractivity contribution in [3.8, 4) is 28.7 Å². The zero-order chi connectivity index (χ0) is 19.0. The van der Waals surface area contributed by atoms with Gasteiger partial charge in [0.25, 0.3) is 5.95 Å². The van der Waals surface area contributed by atoms with Crippen molar-refractivity contribution in [1.82, 2.24) is 24.7 Å². The van der Waals surface area contributed by atoms with Gasteiger partial charge in [-0.3, -0.25) is 0 Å². The standard InChI is InChI=1S/C22H21N5/c1-14-6-8-18(16(3)12-14)20-24-21(19-9-7-15(2)13-17(19)4)26-22(25-20)27-11-5-10-23-27/h5-13H,1-4H3. The van der Waals surface area contributed by atoms with Crippen molar-refractivity contribution >= 4 is 0 Å². The highest BCUT2D eigenvalue weighted by molar-refractivity contribution is 5.66. The molecule has 4 rings (SSSR count). The Morgan fingerprint density at radius 1 is 0.704 bits per heavy atom. The van der Waals surface area contributed by atoms with Gasteiger partial charge in [0.2, 0.25) is 0 Å². The third-order valence-electron chi connectivity index (χ3n) is 4.58. The van der Waals surface area contributed by atoms with Crippen LogP contribution in [0.3, 0.4) is 0 Å². The molecule has 4 aromatic rings. The molecule has 0 bridgehead atoms. The smallest absolute Gasteiger partial charge is 0.208 e. The predicted octanol–water partition coefficient (Wildman–Crippen LogP) is 4.62. The van der Waals surface area contributed by atoms with Gasteiger partial charge in [0.05, 0.1) is 0 Å². The summed E-state index contributed by atoms with van der Waals surface area (Å²) in [6.45, 7) is 8.33. The molecule has 27 heavy (non-hydrogen) atoms. The van der Waals surface area contributed by atoms with Crippen molar-refractivity contribution in [1.29, 1.82) is 0 Å². The minimum Gasteiger partial charge on any atom is -0.208 e. The lowest BCUT2D eigenvalue weighted by molar-refractivity contribution is 0.800. The van der Waals surface area contributed by atoms with Crippen LogP contribution in [0.2, 0.25) is 0 Å². The van der Waals surface area contributed by atoms with Crippen LogP contribution in [-0.2, 0) is 0 Å². The Morgan fingerprint density at radius 2 is 1.26 bits per heavy atom. The highest BCUT2D eigenvalue weighted by Gasteiger charge is 2.14. The Bertz CT molecular complexity index is 1040. The van der Waals surface area contributed by atoms with E-state index in [4.69, 9.17) is 4.98 Å². The second-order valence-electron chi connectivity index (χ2n) is 6.87. The van der Waals surface area contributed by atoms with Crippen molar-refractivity contribution in [2.24, 2.45) is 0 Å². The van der Waals surface area contributed by atoms with Crippen molar-refractivity contribution < 1.29 is 0 Å². The average molecular weight is 355 g/mol. The maximum absolute atomic E-state index is 4.80. The van der Waals surface area contributed by atoms with E-state index >= 15 is 0 Å². The Morgan fingerprint density at radius 3 is 1.70 bits per heavy atom. The van der Waals surface area contributed by atoms with Gasteiger partial charge in [-0.15, -0.1) is 0 Å². The molecule has 0 unspecified atom stereocenters. The fourth-order valence-corrected chi connectivity index (χ4v) is 3.22. The van der Waals surface area contributed by atoms with E-state index in [2.05, 4.69) is 79.2 Å². The maximum atomic E-state index is 4.80. The van der Waals surface area contributed by atoms with Gasteiger partial charge in [0.1, 0.15) is 0 Å². The molecule has 134 valence electrons. The molecule has 0 aliphatic rings. The first-order valence-corrected chi connectivity index (χ1v) is 8.92. The summed E-state index contributed by atoms with van der Waals surface area (Å²) in [5.41, 5.74) is 6.71. The van der Waals surface area contributed by atoms with Crippen LogP contribution in [0.5, 0.6) is 0 Å². The van der Waals surface area contributed by atoms with E-state index in [0.717, 1.165) is 22.3 Å². The second-order valence-corrected chi connectivity index (χ2v) is 6.87. The van der Waals surface area contributed by atoms with E-state index in [-0.39, 0.29) is 0 Å². The molecular formula is C22H21N5. The summed E-state index contributed by atoms with van der Waals surface area (Å²) in [6, 6.07) is 14.4. The summed E-state index contributed by atoms with van der Waals surface area (Å²) in [5, 5.41) is 4.29. The summed E-state index contributed by atoms with van der Waals surface area (Å²) < 4.78 is 1.67. The lowest BCUT2D eigenvalue weighted by atomic mass is 10.0. The number of aromatic nitrogens is 5. The molecule has 2 heterocycles. The highest BCUT2D eigenvalue weighted by Crippen LogP contribution is 2.26. The Balaban J connectivity index is 1.95. The van der Waals surface area contributed by atoms with Gasteiger partial charge in [-0.25, -0.2) is 9.67 Å². The SMILES string of the molecule is Cc1ccc(-c2nc(-c3ccc(C)cc3C)nc(-n3cccn3)n2)c(C)c1. The van der Waals surface area contributed by atoms with Gasteiger partial charge in [0.15, 0.2) is 11.6 Å². The van der Waals surface area contributed by atoms with Crippen LogP contribution >= 0.6 is 0 Å². The van der Waals surface area contributed by atoms with E-state index in [1.54, 1.807) is 10.9 Å². The fraction of sp³-hybridized carbons (Fsp3) is 0.182. The van der Waals surface area contributed by atoms with E-state index < -0.39 is 0 Å². The Hall–Kier alpha value is -3.34. The minimum absolute atomic E-state index is 0.514. The van der Waals surface area contributed by atoms with E-state index in [1.807, 2.05) is 12.3 Å². The molecule has 0 N–H and O–H groups in total. The van der Waals surface area contributed by atoms with Crippen LogP contribution in [-0.4, -0.2) is 24.7 Å². The van der Waals surface area contributed by atoms with Gasteiger partial charge in [-0.1, -0.05) is 47.5 Å². The van der Waals surface area contributed by atoms with Gasteiger partial charge >= 0.3 is 0 Å². The number of hydrogen-bond donors (Lipinski definition) is 0. The van der Waals surface area contributed by atoms with Crippen molar-refractivity contribution in [3.05, 3.63) is 77.1 Å². The molecular weight excluding hydrogens is 334 g/mol. The quantitative estimate of drug-likeness (QED) is 0.538. The molecule has 0 saturated carbocycles. The first kappa shape index (κ1) is 17.1. The number of benzene rings is 2. The summed E-state index contributed by atoms with van der Waals surface area (Å²) in [7, 11) is 0. The molecule has 0 atom stereocenters. The maximum Gasteiger partial charge on any atom is 0.254 e. The van der Waals surface area contributed by atoms with E-state index in [1.165, 1.54) is 11.1 Å². The minimum atomic E-state index is 0.514. The molecule has 0 aliphatic heterocycles. The summed E-state index contributed by atoms with van der Waals surface area (Å²) in [4.78, 5) is 14.2. The summed E-state index contributed by atoms with van der Waals surface area (Å²) in [6.07, 6.45) is 3.56. The molecule has 0 fully saturated rings. The van der Waals surface area contributed by atoms with Crippen LogP contribution in [0.1, 0.15) is 22.3 Å². The van der Waals surface area contributed by atoms with Crippen LogP contribution in [0, 0.1) is 27.7 Å². The molecule has 0 amide bonds. The average Bonchev–Trinajstić information content (AvgIpc) is 3.16. The second kappa shape index (κ2) is 6.76. The zero-order valence-electron chi connectivity index (χ0n) is 15.9. The number of rotatable bonds is 3. The van der Waals surface area contributed by atoms with Gasteiger partial charge in [0, 0.05) is 23.5 Å². The molecule has 2 aromatic carbocycles. The van der Waals surface area contributed by atoms with Gasteiger partial charge in [-0.2, -0.15) is 15.1 Å². The molecule has 2 aromatic heterocycles. The van der Waals surface area contributed by atoms with Crippen LogP contribution in [0.25, 0.3) is 28.7 Å². The number of hydrogen-bond acceptors (Lipinski definition) is 4. The van der Waals surface area contributed by atoms with Crippen molar-refractivity contribution in [2.75, 3.05) is 0 Å². The topological polar surface area (TPSA) is 56.5 Å². The van der Waals surface area contributed by atoms with Crippen LogP contribution in [0.15, 0.2) is 54.9 Å². The number of aryl methyl sites for hydroxylation is 4. The molecule has 0 saturated heterocycles. The first-order chi connectivity index (χ1) is 13.0. The molecule has 0 spiro atoms.